The van der Waals surface area contributed by atoms with E-state index in [4.69, 9.17) is 4.74 Å². The number of ether oxygens (including phenoxy) is 2. The number of carbonyl (C=O) groups excluding carboxylic acids is 4. The second kappa shape index (κ2) is 10.0. The lowest BCUT2D eigenvalue weighted by Gasteiger charge is -2.18. The van der Waals surface area contributed by atoms with Gasteiger partial charge in [0.2, 0.25) is 11.8 Å². The van der Waals surface area contributed by atoms with Crippen molar-refractivity contribution in [2.45, 2.75) is 12.8 Å². The highest BCUT2D eigenvalue weighted by Crippen LogP contribution is 2.24. The molecule has 1 aromatic rings. The maximum Gasteiger partial charge on any atom is 0.339 e. The molecule has 1 aliphatic heterocycles. The molecule has 9 heteroatoms. The summed E-state index contributed by atoms with van der Waals surface area (Å²) in [6, 6.07) is 4.17. The van der Waals surface area contributed by atoms with Crippen LogP contribution in [0.5, 0.6) is 0 Å². The number of benzene rings is 1. The number of carbonyl (C=O) groups is 4. The van der Waals surface area contributed by atoms with E-state index in [0.717, 1.165) is 13.0 Å². The van der Waals surface area contributed by atoms with Crippen molar-refractivity contribution in [3.63, 3.8) is 0 Å². The maximum absolute atomic E-state index is 12.7. The number of hydrogen-bond acceptors (Lipinski definition) is 7. The van der Waals surface area contributed by atoms with Gasteiger partial charge < -0.3 is 24.6 Å². The van der Waals surface area contributed by atoms with Crippen LogP contribution in [0.2, 0.25) is 0 Å². The number of nitrogens with one attached hydrogen (secondary N) is 1. The van der Waals surface area contributed by atoms with Gasteiger partial charge in [-0.05, 0) is 45.3 Å². The minimum Gasteiger partial charge on any atom is -0.465 e. The third-order valence-corrected chi connectivity index (χ3v) is 4.72. The SMILES string of the molecule is COC(=O)c1ccc(C(=O)OC)c(NC(=O)C2CC(=O)N(CCCN(C)C)C2)c1. The van der Waals surface area contributed by atoms with Crippen molar-refractivity contribution in [2.75, 3.05) is 53.3 Å². The monoisotopic (exact) mass is 405 g/mol. The second-order valence-corrected chi connectivity index (χ2v) is 7.13. The lowest BCUT2D eigenvalue weighted by Crippen LogP contribution is -2.30. The van der Waals surface area contributed by atoms with E-state index in [1.54, 1.807) is 4.90 Å². The summed E-state index contributed by atoms with van der Waals surface area (Å²) in [7, 11) is 6.39. The van der Waals surface area contributed by atoms with Crippen LogP contribution in [0.25, 0.3) is 0 Å². The number of nitrogens with zero attached hydrogens (tertiary/aromatic N) is 2. The molecule has 1 unspecified atom stereocenters. The zero-order valence-corrected chi connectivity index (χ0v) is 17.2. The number of likely N-dealkylation sites (tertiary alicyclic amines) is 1. The number of hydrogen-bond donors (Lipinski definition) is 1. The number of anilines is 1. The Hall–Kier alpha value is -2.94. The van der Waals surface area contributed by atoms with Crippen molar-refractivity contribution < 1.29 is 28.7 Å². The first kappa shape index (κ1) is 22.4. The largest absolute Gasteiger partial charge is 0.465 e. The molecular formula is C20H27N3O6. The lowest BCUT2D eigenvalue weighted by molar-refractivity contribution is -0.128. The lowest BCUT2D eigenvalue weighted by atomic mass is 10.1. The van der Waals surface area contributed by atoms with Crippen LogP contribution < -0.4 is 5.32 Å². The fraction of sp³-hybridized carbons (Fsp3) is 0.500. The third kappa shape index (κ3) is 5.77. The van der Waals surface area contributed by atoms with E-state index in [0.29, 0.717) is 13.1 Å². The van der Waals surface area contributed by atoms with Gasteiger partial charge in [0.25, 0.3) is 0 Å². The minimum absolute atomic E-state index is 0.0691. The van der Waals surface area contributed by atoms with Crippen molar-refractivity contribution in [2.24, 2.45) is 5.92 Å². The molecule has 1 N–H and O–H groups in total. The molecule has 1 heterocycles. The van der Waals surface area contributed by atoms with E-state index >= 15 is 0 Å². The summed E-state index contributed by atoms with van der Waals surface area (Å²) in [6.07, 6.45) is 0.929. The van der Waals surface area contributed by atoms with Crippen LogP contribution in [0.1, 0.15) is 33.6 Å². The van der Waals surface area contributed by atoms with E-state index < -0.39 is 17.9 Å². The van der Waals surface area contributed by atoms with Crippen molar-refractivity contribution in [1.82, 2.24) is 9.80 Å². The van der Waals surface area contributed by atoms with E-state index in [9.17, 15) is 19.2 Å². The van der Waals surface area contributed by atoms with Crippen molar-refractivity contribution >= 4 is 29.4 Å². The van der Waals surface area contributed by atoms with Gasteiger partial charge >= 0.3 is 11.9 Å². The molecule has 1 saturated heterocycles. The molecule has 2 rings (SSSR count). The number of esters is 2. The molecule has 1 aromatic carbocycles. The standard InChI is InChI=1S/C20H27N3O6/c1-22(2)8-5-9-23-12-14(11-17(23)24)18(25)21-16-10-13(19(26)28-3)6-7-15(16)20(27)29-4/h6-7,10,14H,5,8-9,11-12H2,1-4H3,(H,21,25). The quantitative estimate of drug-likeness (QED) is 0.643. The molecular weight excluding hydrogens is 378 g/mol. The predicted octanol–water partition coefficient (Wildman–Crippen LogP) is 0.999. The molecule has 1 aliphatic rings. The Morgan fingerprint density at radius 3 is 2.48 bits per heavy atom. The fourth-order valence-electron chi connectivity index (χ4n) is 3.16. The number of methoxy groups -OCH3 is 2. The molecule has 0 aliphatic carbocycles. The normalized spacial score (nSPS) is 16.1. The average Bonchev–Trinajstić information content (AvgIpc) is 3.07. The zero-order valence-electron chi connectivity index (χ0n) is 17.2. The molecule has 1 fully saturated rings. The summed E-state index contributed by atoms with van der Waals surface area (Å²) in [6.45, 7) is 1.76. The first-order chi connectivity index (χ1) is 13.8. The Kier molecular flexibility index (Phi) is 7.72. The molecule has 0 saturated carbocycles. The van der Waals surface area contributed by atoms with Gasteiger partial charge in [0.05, 0.1) is 37.0 Å². The molecule has 158 valence electrons. The highest BCUT2D eigenvalue weighted by atomic mass is 16.5. The first-order valence-electron chi connectivity index (χ1n) is 9.30. The highest BCUT2D eigenvalue weighted by Gasteiger charge is 2.34. The molecule has 0 bridgehead atoms. The summed E-state index contributed by atoms with van der Waals surface area (Å²) < 4.78 is 9.42. The number of amides is 2. The Morgan fingerprint density at radius 2 is 1.86 bits per heavy atom. The summed E-state index contributed by atoms with van der Waals surface area (Å²) >= 11 is 0. The summed E-state index contributed by atoms with van der Waals surface area (Å²) in [5, 5.41) is 2.67. The molecule has 29 heavy (non-hydrogen) atoms. The summed E-state index contributed by atoms with van der Waals surface area (Å²) in [4.78, 5) is 52.5. The van der Waals surface area contributed by atoms with E-state index in [1.165, 1.54) is 32.4 Å². The first-order valence-corrected chi connectivity index (χ1v) is 9.30. The van der Waals surface area contributed by atoms with Crippen LogP contribution in [-0.4, -0.2) is 81.5 Å². The van der Waals surface area contributed by atoms with Gasteiger partial charge in [0, 0.05) is 19.5 Å². The van der Waals surface area contributed by atoms with Gasteiger partial charge in [-0.15, -0.1) is 0 Å². The van der Waals surface area contributed by atoms with Crippen LogP contribution in [0, 0.1) is 5.92 Å². The second-order valence-electron chi connectivity index (χ2n) is 7.13. The molecule has 2 amide bonds. The molecule has 0 aromatic heterocycles. The van der Waals surface area contributed by atoms with Gasteiger partial charge in [-0.3, -0.25) is 9.59 Å². The summed E-state index contributed by atoms with van der Waals surface area (Å²) in [5.74, 6) is -2.24. The highest BCUT2D eigenvalue weighted by molar-refractivity contribution is 6.05. The van der Waals surface area contributed by atoms with Crippen LogP contribution in [0.15, 0.2) is 18.2 Å². The smallest absolute Gasteiger partial charge is 0.339 e. The molecule has 1 atom stereocenters. The minimum atomic E-state index is -0.649. The zero-order chi connectivity index (χ0) is 21.6. The van der Waals surface area contributed by atoms with Crippen LogP contribution in [0.4, 0.5) is 5.69 Å². The topological polar surface area (TPSA) is 105 Å². The van der Waals surface area contributed by atoms with E-state index in [2.05, 4.69) is 10.1 Å². The Labute approximate surface area is 169 Å². The van der Waals surface area contributed by atoms with Gasteiger partial charge in [-0.25, -0.2) is 9.59 Å². The van der Waals surface area contributed by atoms with Gasteiger partial charge in [0.15, 0.2) is 0 Å². The number of rotatable bonds is 8. The van der Waals surface area contributed by atoms with Gasteiger partial charge in [-0.2, -0.15) is 0 Å². The average molecular weight is 405 g/mol. The van der Waals surface area contributed by atoms with Crippen LogP contribution in [0.3, 0.4) is 0 Å². The van der Waals surface area contributed by atoms with Crippen molar-refractivity contribution in [3.05, 3.63) is 29.3 Å². The maximum atomic E-state index is 12.7. The fourth-order valence-corrected chi connectivity index (χ4v) is 3.16. The third-order valence-electron chi connectivity index (χ3n) is 4.72. The Balaban J connectivity index is 2.12. The van der Waals surface area contributed by atoms with Crippen molar-refractivity contribution in [3.8, 4) is 0 Å². The predicted molar refractivity (Wildman–Crippen MR) is 106 cm³/mol. The van der Waals surface area contributed by atoms with Crippen LogP contribution >= 0.6 is 0 Å². The van der Waals surface area contributed by atoms with E-state index in [1.807, 2.05) is 19.0 Å². The van der Waals surface area contributed by atoms with Crippen LogP contribution in [-0.2, 0) is 19.1 Å². The Morgan fingerprint density at radius 1 is 1.17 bits per heavy atom. The van der Waals surface area contributed by atoms with Gasteiger partial charge in [-0.1, -0.05) is 0 Å². The summed E-state index contributed by atoms with van der Waals surface area (Å²) in [5.41, 5.74) is 0.437. The van der Waals surface area contributed by atoms with E-state index in [-0.39, 0.29) is 35.0 Å². The molecule has 0 spiro atoms. The molecule has 9 nitrogen and oxygen atoms in total. The molecule has 0 radical (unpaired) electrons. The van der Waals surface area contributed by atoms with Gasteiger partial charge in [0.1, 0.15) is 0 Å². The van der Waals surface area contributed by atoms with Crippen molar-refractivity contribution in [1.29, 1.82) is 0 Å². The Bertz CT molecular complexity index is 792.